The minimum absolute atomic E-state index is 0.0264. The molecule has 9 rings (SSSR count). The number of nitrogens with one attached hydrogen (secondary N) is 1. The van der Waals surface area contributed by atoms with Crippen LogP contribution in [-0.4, -0.2) is 64.3 Å². The maximum atomic E-state index is 17.5. The largest absolute Gasteiger partial charge is 0.519 e. The Kier molecular flexibility index (Phi) is 8.21. The third-order valence-electron chi connectivity index (χ3n) is 11.7. The Balaban J connectivity index is 1.21. The monoisotopic (exact) mass is 736 g/mol. The second-order valence-electron chi connectivity index (χ2n) is 16.2. The van der Waals surface area contributed by atoms with Crippen molar-refractivity contribution in [3.63, 3.8) is 0 Å². The average molecular weight is 737 g/mol. The number of terminal acetylenes is 1. The first kappa shape index (κ1) is 34.7. The number of nitrogens with zero attached hydrogens (tertiary/aromatic N) is 5. The van der Waals surface area contributed by atoms with E-state index >= 15 is 8.78 Å². The van der Waals surface area contributed by atoms with Crippen LogP contribution < -0.4 is 25.5 Å². The number of hydrogen-bond acceptors (Lipinski definition) is 11. The van der Waals surface area contributed by atoms with Crippen LogP contribution in [-0.2, 0) is 18.4 Å². The molecule has 2 atom stereocenters. The Morgan fingerprint density at radius 3 is 2.63 bits per heavy atom. The Bertz CT molecular complexity index is 2420. The van der Waals surface area contributed by atoms with Crippen LogP contribution in [0.15, 0.2) is 37.9 Å². The highest BCUT2D eigenvalue weighted by Crippen LogP contribution is 2.44. The highest BCUT2D eigenvalue weighted by Gasteiger charge is 2.45. The topological polar surface area (TPSA) is 119 Å². The van der Waals surface area contributed by atoms with Crippen molar-refractivity contribution in [2.24, 2.45) is 5.92 Å². The van der Waals surface area contributed by atoms with Gasteiger partial charge < -0.3 is 23.2 Å². The molecule has 5 aromatic rings. The van der Waals surface area contributed by atoms with Crippen LogP contribution in [0.3, 0.4) is 0 Å². The molecule has 4 aliphatic rings. The molecule has 2 aromatic carbocycles. The fourth-order valence-electron chi connectivity index (χ4n) is 9.15. The van der Waals surface area contributed by atoms with Gasteiger partial charge in [-0.2, -0.15) is 9.97 Å². The fourth-order valence-corrected chi connectivity index (χ4v) is 9.15. The normalized spacial score (nSPS) is 20.6. The number of anilines is 1. The second-order valence-corrected chi connectivity index (χ2v) is 16.2. The zero-order valence-electron chi connectivity index (χ0n) is 30.9. The number of ether oxygens (including phenoxy) is 2. The molecule has 0 aliphatic carbocycles. The van der Waals surface area contributed by atoms with Gasteiger partial charge in [0.15, 0.2) is 17.3 Å². The first-order chi connectivity index (χ1) is 25.9. The number of pyridine rings is 1. The SMILES string of the molecule is C#Cc1c(F)ccc2cc(OCc3oc(=O)oc3C(C)(C)C)cc(-c3nc4c5c(nc(OCC67CCCN6CCC7)nc5c3F)N3CNCC3[C@@H](C)C4)c12. The summed E-state index contributed by atoms with van der Waals surface area (Å²) in [6, 6.07) is 6.33. The van der Waals surface area contributed by atoms with E-state index in [0.29, 0.717) is 58.9 Å². The van der Waals surface area contributed by atoms with Crippen molar-refractivity contribution >= 4 is 27.5 Å². The van der Waals surface area contributed by atoms with Gasteiger partial charge in [0.1, 0.15) is 41.8 Å². The number of halogens is 2. The molecule has 7 heterocycles. The number of benzene rings is 2. The molecule has 3 aromatic heterocycles. The molecule has 280 valence electrons. The Labute approximate surface area is 311 Å². The van der Waals surface area contributed by atoms with Crippen LogP contribution in [0.4, 0.5) is 14.6 Å². The van der Waals surface area contributed by atoms with E-state index in [1.165, 1.54) is 6.07 Å². The standard InChI is InChI=1S/C41H42F2N6O5/c1-6-25-27(42)10-9-23-16-24(51-19-30-36(40(3,4)5)54-39(50)53-30)17-26(31(23)25)34-33(43)35-32-28(45-34)15-22(2)29-18-44-21-49(29)37(32)47-38(46-35)52-20-41-11-7-13-48(41)14-8-12-41/h1,9-10,16-17,22,29,44H,7-8,11-15,18-21H2,2-5H3/t22-,29?/m0/s1. The molecule has 0 amide bonds. The van der Waals surface area contributed by atoms with Gasteiger partial charge in [0.25, 0.3) is 0 Å². The fraction of sp³-hybridized carbons (Fsp3) is 0.463. The maximum Gasteiger partial charge on any atom is 0.519 e. The molecule has 0 radical (unpaired) electrons. The van der Waals surface area contributed by atoms with Gasteiger partial charge in [0.2, 0.25) is 0 Å². The number of fused-ring (bicyclic) bond motifs is 4. The average Bonchev–Trinajstić information content (AvgIpc) is 3.93. The predicted octanol–water partition coefficient (Wildman–Crippen LogP) is 6.46. The number of aromatic nitrogens is 3. The van der Waals surface area contributed by atoms with Crippen LogP contribution in [0, 0.1) is 29.9 Å². The second kappa shape index (κ2) is 12.8. The zero-order valence-corrected chi connectivity index (χ0v) is 30.9. The summed E-state index contributed by atoms with van der Waals surface area (Å²) in [5.74, 6) is 1.92. The summed E-state index contributed by atoms with van der Waals surface area (Å²) >= 11 is 0. The maximum absolute atomic E-state index is 17.5. The predicted molar refractivity (Wildman–Crippen MR) is 199 cm³/mol. The Hall–Kier alpha value is -5.06. The van der Waals surface area contributed by atoms with Crippen LogP contribution in [0.25, 0.3) is 32.9 Å². The lowest BCUT2D eigenvalue weighted by molar-refractivity contribution is 0.108. The summed E-state index contributed by atoms with van der Waals surface area (Å²) in [6.07, 6.45) is 10.7. The molecule has 0 saturated carbocycles. The lowest BCUT2D eigenvalue weighted by atomic mass is 9.92. The summed E-state index contributed by atoms with van der Waals surface area (Å²) in [7, 11) is 0. The van der Waals surface area contributed by atoms with Gasteiger partial charge in [-0.1, -0.05) is 39.7 Å². The lowest BCUT2D eigenvalue weighted by Gasteiger charge is -2.31. The van der Waals surface area contributed by atoms with E-state index in [1.807, 2.05) is 20.8 Å². The van der Waals surface area contributed by atoms with Crippen molar-refractivity contribution < 1.29 is 27.1 Å². The van der Waals surface area contributed by atoms with Crippen molar-refractivity contribution in [2.75, 3.05) is 37.8 Å². The summed E-state index contributed by atoms with van der Waals surface area (Å²) in [5.41, 5.74) is 0.289. The van der Waals surface area contributed by atoms with Gasteiger partial charge in [0, 0.05) is 29.0 Å². The lowest BCUT2D eigenvalue weighted by Crippen LogP contribution is -2.43. The number of hydrogen-bond donors (Lipinski definition) is 1. The third kappa shape index (κ3) is 5.61. The quantitative estimate of drug-likeness (QED) is 0.186. The van der Waals surface area contributed by atoms with Crippen molar-refractivity contribution in [1.82, 2.24) is 25.2 Å². The van der Waals surface area contributed by atoms with Gasteiger partial charge >= 0.3 is 11.8 Å². The van der Waals surface area contributed by atoms with E-state index in [2.05, 4.69) is 28.0 Å². The summed E-state index contributed by atoms with van der Waals surface area (Å²) in [5, 5.41) is 4.82. The Morgan fingerprint density at radius 2 is 1.87 bits per heavy atom. The third-order valence-corrected chi connectivity index (χ3v) is 11.7. The van der Waals surface area contributed by atoms with Gasteiger partial charge in [-0.25, -0.2) is 18.6 Å². The van der Waals surface area contributed by atoms with Gasteiger partial charge in [-0.3, -0.25) is 10.2 Å². The van der Waals surface area contributed by atoms with Crippen molar-refractivity contribution in [3.8, 4) is 35.4 Å². The van der Waals surface area contributed by atoms with Crippen LogP contribution in [0.5, 0.6) is 11.8 Å². The molecule has 3 saturated heterocycles. The minimum Gasteiger partial charge on any atom is -0.485 e. The Morgan fingerprint density at radius 1 is 1.07 bits per heavy atom. The molecule has 4 aliphatic heterocycles. The van der Waals surface area contributed by atoms with E-state index in [-0.39, 0.29) is 58.2 Å². The molecule has 0 bridgehead atoms. The van der Waals surface area contributed by atoms with Crippen LogP contribution >= 0.6 is 0 Å². The first-order valence-electron chi connectivity index (χ1n) is 18.7. The molecule has 1 unspecified atom stereocenters. The van der Waals surface area contributed by atoms with Crippen molar-refractivity contribution in [1.29, 1.82) is 0 Å². The minimum atomic E-state index is -0.835. The van der Waals surface area contributed by atoms with E-state index in [1.54, 1.807) is 18.2 Å². The van der Waals surface area contributed by atoms with Gasteiger partial charge in [-0.15, -0.1) is 6.42 Å². The molecule has 11 nitrogen and oxygen atoms in total. The van der Waals surface area contributed by atoms with Crippen LogP contribution in [0.2, 0.25) is 0 Å². The van der Waals surface area contributed by atoms with Crippen molar-refractivity contribution in [3.05, 3.63) is 69.3 Å². The van der Waals surface area contributed by atoms with Crippen LogP contribution in [0.1, 0.15) is 76.2 Å². The zero-order chi connectivity index (χ0) is 37.5. The molecule has 3 fully saturated rings. The van der Waals surface area contributed by atoms with E-state index in [0.717, 1.165) is 45.3 Å². The highest BCUT2D eigenvalue weighted by atomic mass is 19.1. The van der Waals surface area contributed by atoms with Gasteiger partial charge in [-0.05, 0) is 74.7 Å². The summed E-state index contributed by atoms with van der Waals surface area (Å²) in [6.45, 7) is 11.5. The molecule has 1 N–H and O–H groups in total. The highest BCUT2D eigenvalue weighted by molar-refractivity contribution is 6.03. The van der Waals surface area contributed by atoms with E-state index in [4.69, 9.17) is 39.7 Å². The molecular weight excluding hydrogens is 694 g/mol. The first-order valence-corrected chi connectivity index (χ1v) is 18.7. The molecular formula is C41H42F2N6O5. The van der Waals surface area contributed by atoms with Crippen molar-refractivity contribution in [2.45, 2.75) is 83.4 Å². The van der Waals surface area contributed by atoms with E-state index in [9.17, 15) is 4.79 Å². The number of rotatable bonds is 7. The smallest absolute Gasteiger partial charge is 0.485 e. The molecule has 0 spiro atoms. The van der Waals surface area contributed by atoms with E-state index < -0.39 is 22.9 Å². The summed E-state index contributed by atoms with van der Waals surface area (Å²) in [4.78, 5) is 31.5. The molecule has 54 heavy (non-hydrogen) atoms. The summed E-state index contributed by atoms with van der Waals surface area (Å²) < 4.78 is 56.2. The van der Waals surface area contributed by atoms with Gasteiger partial charge in [0.05, 0.1) is 28.9 Å². The molecule has 13 heteroatoms.